The van der Waals surface area contributed by atoms with Crippen LogP contribution in [0.25, 0.3) is 0 Å². The van der Waals surface area contributed by atoms with Crippen LogP contribution < -0.4 is 0 Å². The predicted molar refractivity (Wildman–Crippen MR) is 103 cm³/mol. The first-order chi connectivity index (χ1) is 12.8. The van der Waals surface area contributed by atoms with Crippen LogP contribution in [0.2, 0.25) is 0 Å². The number of Topliss-reactive ketones (excluding diaryl/α,β-unsaturated/α-hetero) is 1. The Labute approximate surface area is 163 Å². The third kappa shape index (κ3) is 3.07. The zero-order valence-corrected chi connectivity index (χ0v) is 17.0. The highest BCUT2D eigenvalue weighted by Gasteiger charge is 2.62. The number of rotatable bonds is 4. The maximum absolute atomic E-state index is 13.3. The molecule has 0 spiro atoms. The lowest BCUT2D eigenvalue weighted by molar-refractivity contribution is -0.160. The highest BCUT2D eigenvalue weighted by molar-refractivity contribution is 5.83. The zero-order chi connectivity index (χ0) is 19.4. The summed E-state index contributed by atoms with van der Waals surface area (Å²) in [4.78, 5) is 24.2. The van der Waals surface area contributed by atoms with E-state index in [9.17, 15) is 14.7 Å². The molecular formula is C23H36O4. The molecule has 4 unspecified atom stereocenters. The lowest BCUT2D eigenvalue weighted by Crippen LogP contribution is -2.57. The molecule has 4 aliphatic carbocycles. The monoisotopic (exact) mass is 376 g/mol. The molecule has 4 heteroatoms. The van der Waals surface area contributed by atoms with E-state index >= 15 is 0 Å². The van der Waals surface area contributed by atoms with Gasteiger partial charge in [-0.05, 0) is 92.3 Å². The second kappa shape index (κ2) is 6.86. The molecule has 0 heterocycles. The number of aliphatic hydroxyl groups excluding tert-OH is 1. The maximum atomic E-state index is 13.3. The summed E-state index contributed by atoms with van der Waals surface area (Å²) in [5.41, 5.74) is 0.438. The molecule has 0 aliphatic heterocycles. The van der Waals surface area contributed by atoms with Crippen molar-refractivity contribution in [3.05, 3.63) is 0 Å². The number of hydrogen-bond donors (Lipinski definition) is 2. The Balaban J connectivity index is 1.54. The van der Waals surface area contributed by atoms with Crippen LogP contribution in [0.15, 0.2) is 0 Å². The highest BCUT2D eigenvalue weighted by Crippen LogP contribution is 2.67. The van der Waals surface area contributed by atoms with Crippen molar-refractivity contribution in [3.8, 4) is 0 Å². The summed E-state index contributed by atoms with van der Waals surface area (Å²) in [6.45, 7) is 4.81. The average Bonchev–Trinajstić information content (AvgIpc) is 2.93. The molecule has 0 aromatic heterocycles. The second-order valence-electron chi connectivity index (χ2n) is 10.6. The quantitative estimate of drug-likeness (QED) is 0.761. The van der Waals surface area contributed by atoms with Gasteiger partial charge in [-0.1, -0.05) is 13.8 Å². The normalized spacial score (nSPS) is 49.2. The van der Waals surface area contributed by atoms with Crippen molar-refractivity contribution < 1.29 is 19.8 Å². The SMILES string of the molecule is C[C@]12CCC3C(C(=O)C[C@@H]4C[C@H](O)CC[C@]34C)C1CCC2CCCC(=O)O. The smallest absolute Gasteiger partial charge is 0.303 e. The topological polar surface area (TPSA) is 74.6 Å². The zero-order valence-electron chi connectivity index (χ0n) is 17.0. The van der Waals surface area contributed by atoms with E-state index in [0.717, 1.165) is 51.4 Å². The number of carbonyl (C=O) groups is 2. The van der Waals surface area contributed by atoms with Crippen LogP contribution in [0, 0.1) is 40.4 Å². The minimum absolute atomic E-state index is 0.213. The Morgan fingerprint density at radius 1 is 1.07 bits per heavy atom. The van der Waals surface area contributed by atoms with Crippen LogP contribution in [0.4, 0.5) is 0 Å². The van der Waals surface area contributed by atoms with E-state index in [-0.39, 0.29) is 29.3 Å². The number of aliphatic carboxylic acids is 1. The molecule has 4 aliphatic rings. The van der Waals surface area contributed by atoms with Gasteiger partial charge in [-0.25, -0.2) is 0 Å². The Morgan fingerprint density at radius 2 is 1.78 bits per heavy atom. The van der Waals surface area contributed by atoms with Crippen molar-refractivity contribution in [2.75, 3.05) is 0 Å². The molecule has 2 N–H and O–H groups in total. The van der Waals surface area contributed by atoms with Gasteiger partial charge in [0.25, 0.3) is 0 Å². The summed E-state index contributed by atoms with van der Waals surface area (Å²) >= 11 is 0. The van der Waals surface area contributed by atoms with Crippen LogP contribution in [-0.2, 0) is 9.59 Å². The fraction of sp³-hybridized carbons (Fsp3) is 0.913. The molecule has 8 atom stereocenters. The molecule has 0 aromatic rings. The van der Waals surface area contributed by atoms with E-state index in [4.69, 9.17) is 5.11 Å². The summed E-state index contributed by atoms with van der Waals surface area (Å²) in [7, 11) is 0. The van der Waals surface area contributed by atoms with E-state index in [2.05, 4.69) is 13.8 Å². The van der Waals surface area contributed by atoms with E-state index in [1.165, 1.54) is 6.42 Å². The van der Waals surface area contributed by atoms with E-state index in [0.29, 0.717) is 35.9 Å². The van der Waals surface area contributed by atoms with Gasteiger partial charge in [0.05, 0.1) is 6.10 Å². The van der Waals surface area contributed by atoms with Gasteiger partial charge in [0.15, 0.2) is 0 Å². The molecule has 0 amide bonds. The maximum Gasteiger partial charge on any atom is 0.303 e. The fourth-order valence-electron chi connectivity index (χ4n) is 7.99. The molecule has 4 fully saturated rings. The van der Waals surface area contributed by atoms with Gasteiger partial charge in [-0.2, -0.15) is 0 Å². The molecular weight excluding hydrogens is 340 g/mol. The molecule has 152 valence electrons. The van der Waals surface area contributed by atoms with Gasteiger partial charge >= 0.3 is 5.97 Å². The fourth-order valence-corrected chi connectivity index (χ4v) is 7.99. The summed E-state index contributed by atoms with van der Waals surface area (Å²) in [6.07, 6.45) is 9.89. The summed E-state index contributed by atoms with van der Waals surface area (Å²) in [6, 6.07) is 0. The largest absolute Gasteiger partial charge is 0.481 e. The van der Waals surface area contributed by atoms with E-state index < -0.39 is 5.97 Å². The van der Waals surface area contributed by atoms with Crippen molar-refractivity contribution in [1.82, 2.24) is 0 Å². The molecule has 0 saturated heterocycles. The van der Waals surface area contributed by atoms with Gasteiger partial charge in [-0.15, -0.1) is 0 Å². The number of carboxylic acids is 1. The van der Waals surface area contributed by atoms with Crippen molar-refractivity contribution >= 4 is 11.8 Å². The summed E-state index contributed by atoms with van der Waals surface area (Å²) < 4.78 is 0. The van der Waals surface area contributed by atoms with Crippen molar-refractivity contribution in [2.45, 2.75) is 90.6 Å². The van der Waals surface area contributed by atoms with Crippen molar-refractivity contribution in [3.63, 3.8) is 0 Å². The van der Waals surface area contributed by atoms with Gasteiger partial charge in [0.1, 0.15) is 5.78 Å². The number of carbonyl (C=O) groups excluding carboxylic acids is 1. The molecule has 0 aromatic carbocycles. The first kappa shape index (κ1) is 19.4. The Kier molecular flexibility index (Phi) is 4.93. The number of fused-ring (bicyclic) bond motifs is 5. The standard InChI is InChI=1S/C23H36O4/c1-22-11-9-18-21(17(22)7-6-14(22)4-3-5-20(26)27)19(25)13-15-12-16(24)8-10-23(15,18)2/h14-18,21,24H,3-13H2,1-2H3,(H,26,27)/t14?,15-,16+,17?,18?,21?,22+,23-/m0/s1. The molecule has 0 bridgehead atoms. The van der Waals surface area contributed by atoms with Crippen molar-refractivity contribution in [2.24, 2.45) is 40.4 Å². The second-order valence-corrected chi connectivity index (χ2v) is 10.6. The van der Waals surface area contributed by atoms with E-state index in [1.807, 2.05) is 0 Å². The van der Waals surface area contributed by atoms with Crippen LogP contribution in [-0.4, -0.2) is 28.1 Å². The molecule has 27 heavy (non-hydrogen) atoms. The molecule has 4 rings (SSSR count). The average molecular weight is 377 g/mol. The van der Waals surface area contributed by atoms with Gasteiger partial charge in [0, 0.05) is 18.8 Å². The molecule has 4 nitrogen and oxygen atoms in total. The first-order valence-corrected chi connectivity index (χ1v) is 11.2. The predicted octanol–water partition coefficient (Wildman–Crippen LogP) is 4.44. The first-order valence-electron chi connectivity index (χ1n) is 11.2. The summed E-state index contributed by atoms with van der Waals surface area (Å²) in [5.74, 6) is 1.92. The molecule has 4 saturated carbocycles. The summed E-state index contributed by atoms with van der Waals surface area (Å²) in [5, 5.41) is 19.1. The third-order valence-electron chi connectivity index (χ3n) is 9.58. The number of carboxylic acid groups (broad SMARTS) is 1. The van der Waals surface area contributed by atoms with Crippen molar-refractivity contribution in [1.29, 1.82) is 0 Å². The minimum Gasteiger partial charge on any atom is -0.481 e. The van der Waals surface area contributed by atoms with Crippen LogP contribution in [0.5, 0.6) is 0 Å². The third-order valence-corrected chi connectivity index (χ3v) is 9.58. The van der Waals surface area contributed by atoms with Crippen LogP contribution >= 0.6 is 0 Å². The lowest BCUT2D eigenvalue weighted by atomic mass is 9.44. The number of aliphatic hydroxyl groups is 1. The number of hydrogen-bond acceptors (Lipinski definition) is 3. The van der Waals surface area contributed by atoms with Gasteiger partial charge in [-0.3, -0.25) is 9.59 Å². The number of ketones is 1. The molecule has 0 radical (unpaired) electrons. The Bertz CT molecular complexity index is 615. The van der Waals surface area contributed by atoms with Gasteiger partial charge < -0.3 is 10.2 Å². The Morgan fingerprint density at radius 3 is 2.52 bits per heavy atom. The lowest BCUT2D eigenvalue weighted by Gasteiger charge is -2.60. The minimum atomic E-state index is -0.695. The van der Waals surface area contributed by atoms with E-state index in [1.54, 1.807) is 0 Å². The van der Waals surface area contributed by atoms with Gasteiger partial charge in [0.2, 0.25) is 0 Å². The Hall–Kier alpha value is -0.900. The van der Waals surface area contributed by atoms with Crippen LogP contribution in [0.1, 0.15) is 84.5 Å². The highest BCUT2D eigenvalue weighted by atomic mass is 16.4. The van der Waals surface area contributed by atoms with Crippen LogP contribution in [0.3, 0.4) is 0 Å².